The van der Waals surface area contributed by atoms with E-state index >= 15 is 0 Å². The van der Waals surface area contributed by atoms with Gasteiger partial charge in [-0.2, -0.15) is 0 Å². The third-order valence-electron chi connectivity index (χ3n) is 4.92. The van der Waals surface area contributed by atoms with Gasteiger partial charge in [0.25, 0.3) is 0 Å². The molecule has 21 heavy (non-hydrogen) atoms. The van der Waals surface area contributed by atoms with Gasteiger partial charge in [-0.25, -0.2) is 0 Å². The first-order chi connectivity index (χ1) is 9.92. The molecule has 0 aliphatic heterocycles. The predicted molar refractivity (Wildman–Crippen MR) is 85.2 cm³/mol. The van der Waals surface area contributed by atoms with Crippen molar-refractivity contribution in [2.45, 2.75) is 64.8 Å². The largest absolute Gasteiger partial charge is 0.481 e. The van der Waals surface area contributed by atoms with Crippen molar-refractivity contribution in [1.82, 2.24) is 0 Å². The zero-order chi connectivity index (χ0) is 15.5. The van der Waals surface area contributed by atoms with Gasteiger partial charge >= 0.3 is 5.97 Å². The van der Waals surface area contributed by atoms with E-state index in [9.17, 15) is 9.90 Å². The smallest absolute Gasteiger partial charge is 0.303 e. The molecule has 2 rings (SSSR count). The van der Waals surface area contributed by atoms with Gasteiger partial charge < -0.3 is 10.8 Å². The van der Waals surface area contributed by atoms with E-state index in [1.165, 1.54) is 17.5 Å². The first-order valence-electron chi connectivity index (χ1n) is 7.96. The maximum atomic E-state index is 11.3. The minimum absolute atomic E-state index is 0.0666. The number of aliphatic carboxylic acids is 1. The van der Waals surface area contributed by atoms with E-state index in [0.29, 0.717) is 0 Å². The van der Waals surface area contributed by atoms with Crippen molar-refractivity contribution >= 4 is 5.97 Å². The van der Waals surface area contributed by atoms with Gasteiger partial charge in [-0.15, -0.1) is 0 Å². The summed E-state index contributed by atoms with van der Waals surface area (Å²) in [5, 5.41) is 9.26. The Kier molecular flexibility index (Phi) is 5.04. The summed E-state index contributed by atoms with van der Waals surface area (Å²) in [6.07, 6.45) is 6.52. The van der Waals surface area contributed by atoms with Crippen molar-refractivity contribution in [1.29, 1.82) is 0 Å². The number of carboxylic acids is 1. The second kappa shape index (κ2) is 6.61. The third kappa shape index (κ3) is 4.07. The van der Waals surface area contributed by atoms with Gasteiger partial charge in [0.2, 0.25) is 0 Å². The van der Waals surface area contributed by atoms with Gasteiger partial charge in [0.1, 0.15) is 0 Å². The normalized spacial score (nSPS) is 19.2. The first-order valence-corrected chi connectivity index (χ1v) is 7.96. The quantitative estimate of drug-likeness (QED) is 0.857. The van der Waals surface area contributed by atoms with Crippen molar-refractivity contribution in [3.05, 3.63) is 34.9 Å². The summed E-state index contributed by atoms with van der Waals surface area (Å²) in [6.45, 7) is 4.17. The maximum absolute atomic E-state index is 11.3. The van der Waals surface area contributed by atoms with Crippen LogP contribution in [0.4, 0.5) is 0 Å². The molecule has 0 spiro atoms. The molecule has 1 aliphatic carbocycles. The zero-order valence-corrected chi connectivity index (χ0v) is 13.2. The summed E-state index contributed by atoms with van der Waals surface area (Å²) in [7, 11) is 0. The van der Waals surface area contributed by atoms with Crippen molar-refractivity contribution in [3.8, 4) is 0 Å². The molecule has 3 nitrogen and oxygen atoms in total. The summed E-state index contributed by atoms with van der Waals surface area (Å²) in [6, 6.07) is 6.28. The van der Waals surface area contributed by atoms with Crippen LogP contribution in [0, 0.1) is 19.3 Å². The van der Waals surface area contributed by atoms with Crippen LogP contribution in [0.1, 0.15) is 67.7 Å². The summed E-state index contributed by atoms with van der Waals surface area (Å²) in [4.78, 5) is 11.3. The van der Waals surface area contributed by atoms with Crippen LogP contribution >= 0.6 is 0 Å². The fourth-order valence-electron chi connectivity index (χ4n) is 3.89. The number of hydrogen-bond acceptors (Lipinski definition) is 2. The fraction of sp³-hybridized carbons (Fsp3) is 0.611. The summed E-state index contributed by atoms with van der Waals surface area (Å²) >= 11 is 0. The summed E-state index contributed by atoms with van der Waals surface area (Å²) < 4.78 is 0. The molecule has 0 aromatic heterocycles. The van der Waals surface area contributed by atoms with Gasteiger partial charge in [-0.1, -0.05) is 43.0 Å². The molecule has 1 aromatic carbocycles. The van der Waals surface area contributed by atoms with E-state index in [1.807, 2.05) is 0 Å². The van der Waals surface area contributed by atoms with Crippen molar-refractivity contribution in [2.75, 3.05) is 0 Å². The molecule has 3 heteroatoms. The molecule has 1 atom stereocenters. The van der Waals surface area contributed by atoms with Crippen LogP contribution in [0.5, 0.6) is 0 Å². The topological polar surface area (TPSA) is 63.3 Å². The Hall–Kier alpha value is -1.35. The number of rotatable bonds is 5. The van der Waals surface area contributed by atoms with E-state index in [2.05, 4.69) is 32.0 Å². The molecule has 0 amide bonds. The van der Waals surface area contributed by atoms with Crippen LogP contribution in [-0.2, 0) is 4.79 Å². The molecular formula is C18H27NO2. The Morgan fingerprint density at radius 2 is 1.95 bits per heavy atom. The highest BCUT2D eigenvalue weighted by atomic mass is 16.4. The molecule has 116 valence electrons. The number of benzene rings is 1. The Morgan fingerprint density at radius 3 is 2.52 bits per heavy atom. The maximum Gasteiger partial charge on any atom is 0.303 e. The minimum atomic E-state index is -0.690. The fourth-order valence-corrected chi connectivity index (χ4v) is 3.89. The second-order valence-electron chi connectivity index (χ2n) is 6.80. The van der Waals surface area contributed by atoms with E-state index < -0.39 is 5.97 Å². The molecule has 1 aliphatic rings. The number of aryl methyl sites for hydroxylation is 2. The molecular weight excluding hydrogens is 262 g/mol. The van der Waals surface area contributed by atoms with Crippen LogP contribution in [0.25, 0.3) is 0 Å². The van der Waals surface area contributed by atoms with Gasteiger partial charge in [-0.3, -0.25) is 4.79 Å². The van der Waals surface area contributed by atoms with Crippen molar-refractivity contribution in [3.63, 3.8) is 0 Å². The van der Waals surface area contributed by atoms with Gasteiger partial charge in [0.15, 0.2) is 0 Å². The Morgan fingerprint density at radius 1 is 1.29 bits per heavy atom. The number of carboxylic acid groups (broad SMARTS) is 1. The SMILES string of the molecule is Cc1ccc(C(N)CC2(CC(=O)O)CCCCC2)c(C)c1. The predicted octanol–water partition coefficient (Wildman–Crippen LogP) is 4.12. The van der Waals surface area contributed by atoms with Gasteiger partial charge in [-0.05, 0) is 49.7 Å². The summed E-state index contributed by atoms with van der Waals surface area (Å²) in [5.41, 5.74) is 9.95. The third-order valence-corrected chi connectivity index (χ3v) is 4.92. The van der Waals surface area contributed by atoms with Crippen LogP contribution in [0.2, 0.25) is 0 Å². The lowest BCUT2D eigenvalue weighted by atomic mass is 9.67. The van der Waals surface area contributed by atoms with Crippen LogP contribution < -0.4 is 5.73 Å². The second-order valence-corrected chi connectivity index (χ2v) is 6.80. The lowest BCUT2D eigenvalue weighted by Crippen LogP contribution is -2.31. The highest BCUT2D eigenvalue weighted by Crippen LogP contribution is 2.45. The Balaban J connectivity index is 2.17. The molecule has 1 saturated carbocycles. The molecule has 1 aromatic rings. The van der Waals surface area contributed by atoms with Crippen LogP contribution in [0.3, 0.4) is 0 Å². The Labute approximate surface area is 127 Å². The average molecular weight is 289 g/mol. The van der Waals surface area contributed by atoms with Crippen molar-refractivity contribution in [2.24, 2.45) is 11.1 Å². The molecule has 1 unspecified atom stereocenters. The minimum Gasteiger partial charge on any atom is -0.481 e. The van der Waals surface area contributed by atoms with Gasteiger partial charge in [0, 0.05) is 6.04 Å². The summed E-state index contributed by atoms with van der Waals surface area (Å²) in [5.74, 6) is -0.690. The molecule has 0 bridgehead atoms. The highest BCUT2D eigenvalue weighted by Gasteiger charge is 2.36. The monoisotopic (exact) mass is 289 g/mol. The standard InChI is InChI=1S/C18H27NO2/c1-13-6-7-15(14(2)10-13)16(19)11-18(12-17(20)21)8-4-3-5-9-18/h6-7,10,16H,3-5,8-9,11-12,19H2,1-2H3,(H,20,21). The molecule has 1 fully saturated rings. The highest BCUT2D eigenvalue weighted by molar-refractivity contribution is 5.67. The lowest BCUT2D eigenvalue weighted by molar-refractivity contribution is -0.140. The number of hydrogen-bond donors (Lipinski definition) is 2. The van der Waals surface area contributed by atoms with E-state index in [0.717, 1.165) is 37.7 Å². The molecule has 0 saturated heterocycles. The average Bonchev–Trinajstić information content (AvgIpc) is 2.38. The van der Waals surface area contributed by atoms with E-state index in [1.54, 1.807) is 0 Å². The molecule has 0 heterocycles. The number of carbonyl (C=O) groups is 1. The Bertz CT molecular complexity index is 504. The van der Waals surface area contributed by atoms with Crippen molar-refractivity contribution < 1.29 is 9.90 Å². The van der Waals surface area contributed by atoms with E-state index in [4.69, 9.17) is 5.73 Å². The van der Waals surface area contributed by atoms with Gasteiger partial charge in [0.05, 0.1) is 6.42 Å². The van der Waals surface area contributed by atoms with Crippen LogP contribution in [-0.4, -0.2) is 11.1 Å². The number of nitrogens with two attached hydrogens (primary N) is 1. The molecule has 0 radical (unpaired) electrons. The van der Waals surface area contributed by atoms with E-state index in [-0.39, 0.29) is 17.9 Å². The van der Waals surface area contributed by atoms with Crippen LogP contribution in [0.15, 0.2) is 18.2 Å². The first kappa shape index (κ1) is 16.0. The zero-order valence-electron chi connectivity index (χ0n) is 13.2. The molecule has 3 N–H and O–H groups in total. The lowest BCUT2D eigenvalue weighted by Gasteiger charge is -2.38.